The normalized spacial score (nSPS) is 11.0. The van der Waals surface area contributed by atoms with Crippen molar-refractivity contribution in [3.8, 4) is 22.6 Å². The number of carbonyl (C=O) groups is 1. The zero-order valence-corrected chi connectivity index (χ0v) is 17.4. The fourth-order valence-electron chi connectivity index (χ4n) is 3.13. The van der Waals surface area contributed by atoms with E-state index in [1.165, 1.54) is 0 Å². The lowest BCUT2D eigenvalue weighted by Gasteiger charge is -2.14. The van der Waals surface area contributed by atoms with Gasteiger partial charge in [-0.25, -0.2) is 0 Å². The molecule has 0 fully saturated rings. The van der Waals surface area contributed by atoms with Crippen molar-refractivity contribution < 1.29 is 14.1 Å². The molecule has 3 N–H and O–H groups in total. The van der Waals surface area contributed by atoms with Gasteiger partial charge in [0.2, 0.25) is 5.91 Å². The van der Waals surface area contributed by atoms with Crippen LogP contribution in [-0.2, 0) is 4.79 Å². The fraction of sp³-hybridized carbons (Fsp3) is 0.273. The van der Waals surface area contributed by atoms with E-state index in [2.05, 4.69) is 10.5 Å². The second-order valence-corrected chi connectivity index (χ2v) is 7.35. The molecule has 0 saturated heterocycles. The first-order valence-electron chi connectivity index (χ1n) is 9.30. The summed E-state index contributed by atoms with van der Waals surface area (Å²) < 4.78 is 11.3. The van der Waals surface area contributed by atoms with Crippen LogP contribution in [0.15, 0.2) is 40.9 Å². The lowest BCUT2D eigenvalue weighted by Crippen LogP contribution is -2.27. The lowest BCUT2D eigenvalue weighted by atomic mass is 10.0. The maximum absolute atomic E-state index is 12.1. The number of rotatable bonds is 6. The highest BCUT2D eigenvalue weighted by atomic mass is 16.5. The Morgan fingerprint density at radius 2 is 1.90 bits per heavy atom. The monoisotopic (exact) mass is 394 g/mol. The maximum atomic E-state index is 12.1. The molecule has 3 aromatic rings. The molecule has 0 aliphatic carbocycles. The highest BCUT2D eigenvalue weighted by molar-refractivity contribution is 5.93. The van der Waals surface area contributed by atoms with E-state index < -0.39 is 0 Å². The molecule has 29 heavy (non-hydrogen) atoms. The summed E-state index contributed by atoms with van der Waals surface area (Å²) in [4.78, 5) is 13.9. The molecular formula is C22H26N4O3. The summed E-state index contributed by atoms with van der Waals surface area (Å²) in [6.45, 7) is 5.99. The SMILES string of the molecule is Cc1ccc(Oc2cc(N)cc(-c3c(C)noc3C)c2)cc1NC(=O)CN(C)C. The average molecular weight is 394 g/mol. The van der Waals surface area contributed by atoms with Crippen LogP contribution in [-0.4, -0.2) is 36.6 Å². The van der Waals surface area contributed by atoms with E-state index in [9.17, 15) is 4.79 Å². The molecule has 152 valence electrons. The number of benzene rings is 2. The zero-order chi connectivity index (χ0) is 21.1. The number of ether oxygens (including phenoxy) is 1. The van der Waals surface area contributed by atoms with Gasteiger partial charge in [-0.2, -0.15) is 0 Å². The van der Waals surface area contributed by atoms with Crippen molar-refractivity contribution in [2.24, 2.45) is 0 Å². The number of hydrogen-bond donors (Lipinski definition) is 2. The van der Waals surface area contributed by atoms with E-state index in [0.29, 0.717) is 29.4 Å². The second kappa shape index (κ2) is 8.36. The first kappa shape index (κ1) is 20.4. The van der Waals surface area contributed by atoms with E-state index in [4.69, 9.17) is 15.0 Å². The predicted octanol–water partition coefficient (Wildman–Crippen LogP) is 4.14. The molecule has 0 radical (unpaired) electrons. The zero-order valence-electron chi connectivity index (χ0n) is 17.4. The van der Waals surface area contributed by atoms with E-state index in [-0.39, 0.29) is 5.91 Å². The Balaban J connectivity index is 1.87. The third-order valence-electron chi connectivity index (χ3n) is 4.43. The summed E-state index contributed by atoms with van der Waals surface area (Å²) in [6.07, 6.45) is 0. The Kier molecular flexibility index (Phi) is 5.89. The van der Waals surface area contributed by atoms with Crippen LogP contribution < -0.4 is 15.8 Å². The summed E-state index contributed by atoms with van der Waals surface area (Å²) in [7, 11) is 3.70. The highest BCUT2D eigenvalue weighted by Crippen LogP contribution is 2.34. The van der Waals surface area contributed by atoms with Gasteiger partial charge in [-0.1, -0.05) is 11.2 Å². The lowest BCUT2D eigenvalue weighted by molar-refractivity contribution is -0.116. The van der Waals surface area contributed by atoms with Gasteiger partial charge in [-0.15, -0.1) is 0 Å². The Morgan fingerprint density at radius 1 is 1.14 bits per heavy atom. The molecule has 0 aliphatic heterocycles. The highest BCUT2D eigenvalue weighted by Gasteiger charge is 2.14. The van der Waals surface area contributed by atoms with Crippen molar-refractivity contribution >= 4 is 17.3 Å². The van der Waals surface area contributed by atoms with Gasteiger partial charge in [0.1, 0.15) is 17.3 Å². The van der Waals surface area contributed by atoms with Crippen molar-refractivity contribution in [3.63, 3.8) is 0 Å². The first-order valence-corrected chi connectivity index (χ1v) is 9.30. The molecule has 0 unspecified atom stereocenters. The van der Waals surface area contributed by atoms with Crippen LogP contribution in [0, 0.1) is 20.8 Å². The van der Waals surface area contributed by atoms with Crippen molar-refractivity contribution in [3.05, 3.63) is 53.4 Å². The number of carbonyl (C=O) groups excluding carboxylic acids is 1. The van der Waals surface area contributed by atoms with Crippen LogP contribution in [0.4, 0.5) is 11.4 Å². The topological polar surface area (TPSA) is 93.6 Å². The fourth-order valence-corrected chi connectivity index (χ4v) is 3.13. The molecule has 3 rings (SSSR count). The molecule has 1 amide bonds. The van der Waals surface area contributed by atoms with E-state index >= 15 is 0 Å². The Hall–Kier alpha value is -3.32. The van der Waals surface area contributed by atoms with Gasteiger partial charge >= 0.3 is 0 Å². The van der Waals surface area contributed by atoms with Gasteiger partial charge < -0.3 is 25.2 Å². The molecule has 0 saturated carbocycles. The second-order valence-electron chi connectivity index (χ2n) is 7.35. The van der Waals surface area contributed by atoms with Crippen LogP contribution in [0.1, 0.15) is 17.0 Å². The summed E-state index contributed by atoms with van der Waals surface area (Å²) >= 11 is 0. The van der Waals surface area contributed by atoms with Crippen LogP contribution >= 0.6 is 0 Å². The van der Waals surface area contributed by atoms with Crippen LogP contribution in [0.2, 0.25) is 0 Å². The number of anilines is 2. The Morgan fingerprint density at radius 3 is 2.55 bits per heavy atom. The maximum Gasteiger partial charge on any atom is 0.238 e. The molecule has 7 heteroatoms. The first-order chi connectivity index (χ1) is 13.7. The summed E-state index contributed by atoms with van der Waals surface area (Å²) in [6, 6.07) is 11.1. The number of hydrogen-bond acceptors (Lipinski definition) is 6. The van der Waals surface area contributed by atoms with E-state index in [1.54, 1.807) is 6.07 Å². The predicted molar refractivity (Wildman–Crippen MR) is 114 cm³/mol. The number of aromatic nitrogens is 1. The summed E-state index contributed by atoms with van der Waals surface area (Å²) in [5.41, 5.74) is 10.9. The van der Waals surface area contributed by atoms with Gasteiger partial charge in [0, 0.05) is 29.1 Å². The number of amides is 1. The average Bonchev–Trinajstić information content (AvgIpc) is 2.95. The number of likely N-dealkylation sites (N-methyl/N-ethyl adjacent to an activating group) is 1. The largest absolute Gasteiger partial charge is 0.457 e. The quantitative estimate of drug-likeness (QED) is 0.610. The number of nitrogens with one attached hydrogen (secondary N) is 1. The third kappa shape index (κ3) is 4.94. The van der Waals surface area contributed by atoms with E-state index in [1.807, 2.05) is 70.1 Å². The molecule has 7 nitrogen and oxygen atoms in total. The van der Waals surface area contributed by atoms with Gasteiger partial charge in [0.15, 0.2) is 0 Å². The molecule has 0 atom stereocenters. The van der Waals surface area contributed by atoms with Gasteiger partial charge in [-0.05, 0) is 64.2 Å². The van der Waals surface area contributed by atoms with Crippen LogP contribution in [0.3, 0.4) is 0 Å². The smallest absolute Gasteiger partial charge is 0.238 e. The van der Waals surface area contributed by atoms with Crippen LogP contribution in [0.25, 0.3) is 11.1 Å². The number of nitrogens with zero attached hydrogens (tertiary/aromatic N) is 2. The number of aryl methyl sites for hydroxylation is 3. The number of nitrogen functional groups attached to an aromatic ring is 1. The molecule has 1 heterocycles. The minimum atomic E-state index is -0.0834. The Bertz CT molecular complexity index is 1020. The third-order valence-corrected chi connectivity index (χ3v) is 4.43. The minimum absolute atomic E-state index is 0.0834. The van der Waals surface area contributed by atoms with Gasteiger partial charge in [0.25, 0.3) is 0 Å². The minimum Gasteiger partial charge on any atom is -0.457 e. The number of nitrogens with two attached hydrogens (primary N) is 1. The molecule has 0 spiro atoms. The molecule has 1 aromatic heterocycles. The molecular weight excluding hydrogens is 368 g/mol. The molecule has 0 aliphatic rings. The van der Waals surface area contributed by atoms with E-state index in [0.717, 1.165) is 28.1 Å². The van der Waals surface area contributed by atoms with Crippen LogP contribution in [0.5, 0.6) is 11.5 Å². The van der Waals surface area contributed by atoms with Gasteiger partial charge in [0.05, 0.1) is 12.2 Å². The van der Waals surface area contributed by atoms with Crippen molar-refractivity contribution in [2.45, 2.75) is 20.8 Å². The van der Waals surface area contributed by atoms with Crippen molar-refractivity contribution in [2.75, 3.05) is 31.7 Å². The van der Waals surface area contributed by atoms with Crippen molar-refractivity contribution in [1.82, 2.24) is 10.1 Å². The Labute approximate surface area is 170 Å². The molecule has 2 aromatic carbocycles. The summed E-state index contributed by atoms with van der Waals surface area (Å²) in [5, 5.41) is 6.93. The summed E-state index contributed by atoms with van der Waals surface area (Å²) in [5.74, 6) is 1.83. The van der Waals surface area contributed by atoms with Crippen molar-refractivity contribution in [1.29, 1.82) is 0 Å². The standard InChI is InChI=1S/C22H26N4O3/c1-13-6-7-18(11-20(13)24-21(27)12-26(4)5)28-19-9-16(8-17(23)10-19)22-14(2)25-29-15(22)3/h6-11H,12,23H2,1-5H3,(H,24,27). The molecule has 0 bridgehead atoms. The van der Waals surface area contributed by atoms with Gasteiger partial charge in [-0.3, -0.25) is 4.79 Å².